The average molecular weight is 548 g/mol. The minimum absolute atomic E-state index is 0.0309. The van der Waals surface area contributed by atoms with Crippen LogP contribution in [-0.4, -0.2) is 93.1 Å². The second-order valence-electron chi connectivity index (χ2n) is 10.5. The van der Waals surface area contributed by atoms with E-state index in [2.05, 4.69) is 9.88 Å². The summed E-state index contributed by atoms with van der Waals surface area (Å²) < 4.78 is 19.6. The number of aromatic nitrogens is 1. The maximum absolute atomic E-state index is 14.2. The van der Waals surface area contributed by atoms with Crippen molar-refractivity contribution in [2.24, 2.45) is 23.7 Å². The lowest BCUT2D eigenvalue weighted by molar-refractivity contribution is -0.165. The van der Waals surface area contributed by atoms with Gasteiger partial charge in [-0.15, -0.1) is 0 Å². The number of halogens is 1. The van der Waals surface area contributed by atoms with Crippen molar-refractivity contribution in [2.45, 2.75) is 37.9 Å². The number of carbonyl (C=O) groups excluding carboxylic acids is 1. The number of benzene rings is 1. The summed E-state index contributed by atoms with van der Waals surface area (Å²) in [4.78, 5) is 39.3. The van der Waals surface area contributed by atoms with Gasteiger partial charge in [-0.1, -0.05) is 0 Å². The van der Waals surface area contributed by atoms with E-state index in [1.54, 1.807) is 18.3 Å². The molecular weight excluding hydrogens is 513 g/mol. The standard InChI is InChI=1S/C23H28FN3O2.C4H6O6/c24-20-10-17(23-16(22(20)25)2-1-7-26-23)21(28)4-3-15-18-12-27(13-19(15)18)11-14-5-8-29-9-6-14;5-1(3(7)8)2(6)4(9)10/h1-2,7,10,14-15,18-19H,3-6,8-9,11-13,25H2;1-2,5-6H,(H,7,8)(H,9,10). The number of carbonyl (C=O) groups is 3. The number of hydrogen-bond donors (Lipinski definition) is 5. The maximum Gasteiger partial charge on any atom is 0.335 e. The van der Waals surface area contributed by atoms with E-state index in [0.29, 0.717) is 28.8 Å². The van der Waals surface area contributed by atoms with Crippen LogP contribution in [0.15, 0.2) is 24.4 Å². The molecule has 0 amide bonds. The Kier molecular flexibility index (Phi) is 9.11. The molecule has 1 saturated carbocycles. The fourth-order valence-electron chi connectivity index (χ4n) is 5.76. The van der Waals surface area contributed by atoms with Crippen LogP contribution in [0.1, 0.15) is 36.0 Å². The highest BCUT2D eigenvalue weighted by Gasteiger charge is 2.54. The Bertz CT molecular complexity index is 1190. The molecule has 212 valence electrons. The number of ether oxygens (including phenoxy) is 1. The first-order chi connectivity index (χ1) is 18.6. The molecule has 12 heteroatoms. The SMILES string of the molecule is Nc1c(F)cc(C(=O)CCC2C3CN(CC4CCOCC4)CC23)c2ncccc12.O=C(O)C(O)C(O)C(=O)O. The van der Waals surface area contributed by atoms with Gasteiger partial charge in [-0.25, -0.2) is 14.0 Å². The first kappa shape index (κ1) is 28.8. The van der Waals surface area contributed by atoms with Crippen molar-refractivity contribution < 1.29 is 43.9 Å². The van der Waals surface area contributed by atoms with Crippen LogP contribution in [0.5, 0.6) is 0 Å². The highest BCUT2D eigenvalue weighted by molar-refractivity contribution is 6.09. The van der Waals surface area contributed by atoms with Crippen LogP contribution in [-0.2, 0) is 14.3 Å². The monoisotopic (exact) mass is 547 g/mol. The van der Waals surface area contributed by atoms with Crippen molar-refractivity contribution in [3.8, 4) is 0 Å². The molecule has 6 N–H and O–H groups in total. The first-order valence-corrected chi connectivity index (χ1v) is 13.1. The van der Waals surface area contributed by atoms with Gasteiger partial charge in [0.2, 0.25) is 0 Å². The smallest absolute Gasteiger partial charge is 0.335 e. The minimum Gasteiger partial charge on any atom is -0.479 e. The molecule has 1 aliphatic carbocycles. The van der Waals surface area contributed by atoms with Crippen LogP contribution in [0.3, 0.4) is 0 Å². The van der Waals surface area contributed by atoms with E-state index < -0.39 is 30.0 Å². The third kappa shape index (κ3) is 6.70. The predicted molar refractivity (Wildman–Crippen MR) is 137 cm³/mol. The third-order valence-electron chi connectivity index (χ3n) is 8.00. The number of carboxylic acids is 2. The van der Waals surface area contributed by atoms with Gasteiger partial charge in [-0.2, -0.15) is 0 Å². The summed E-state index contributed by atoms with van der Waals surface area (Å²) in [6, 6.07) is 4.69. The molecule has 0 spiro atoms. The Morgan fingerprint density at radius 3 is 2.31 bits per heavy atom. The van der Waals surface area contributed by atoms with Gasteiger partial charge in [-0.3, -0.25) is 9.78 Å². The Balaban J connectivity index is 0.000000303. The number of rotatable bonds is 9. The van der Waals surface area contributed by atoms with Crippen LogP contribution in [0.4, 0.5) is 10.1 Å². The van der Waals surface area contributed by atoms with Crippen molar-refractivity contribution in [1.82, 2.24) is 9.88 Å². The number of pyridine rings is 1. The van der Waals surface area contributed by atoms with E-state index >= 15 is 0 Å². The molecule has 0 bridgehead atoms. The summed E-state index contributed by atoms with van der Waals surface area (Å²) in [5.74, 6) is -1.21. The van der Waals surface area contributed by atoms with Crippen molar-refractivity contribution in [3.05, 3.63) is 35.8 Å². The molecule has 4 unspecified atom stereocenters. The molecule has 3 fully saturated rings. The minimum atomic E-state index is -2.27. The quantitative estimate of drug-likeness (QED) is 0.226. The van der Waals surface area contributed by atoms with Crippen molar-refractivity contribution in [3.63, 3.8) is 0 Å². The summed E-state index contributed by atoms with van der Waals surface area (Å²) in [5, 5.41) is 33.0. The van der Waals surface area contributed by atoms with E-state index in [-0.39, 0.29) is 11.5 Å². The summed E-state index contributed by atoms with van der Waals surface area (Å²) in [7, 11) is 0. The molecule has 4 atom stereocenters. The van der Waals surface area contributed by atoms with Gasteiger partial charge in [0.05, 0.1) is 11.2 Å². The summed E-state index contributed by atoms with van der Waals surface area (Å²) in [6.07, 6.45) is 0.796. The zero-order valence-corrected chi connectivity index (χ0v) is 21.4. The Hall–Kier alpha value is -3.19. The van der Waals surface area contributed by atoms with Crippen LogP contribution in [0.25, 0.3) is 10.9 Å². The number of aliphatic hydroxyl groups is 2. The van der Waals surface area contributed by atoms with E-state index in [4.69, 9.17) is 30.9 Å². The molecule has 39 heavy (non-hydrogen) atoms. The zero-order chi connectivity index (χ0) is 28.3. The molecule has 2 saturated heterocycles. The number of aliphatic hydroxyl groups excluding tert-OH is 2. The zero-order valence-electron chi connectivity index (χ0n) is 21.4. The fourth-order valence-corrected chi connectivity index (χ4v) is 5.76. The summed E-state index contributed by atoms with van der Waals surface area (Å²) in [6.45, 7) is 5.35. The number of likely N-dealkylation sites (tertiary alicyclic amines) is 1. The van der Waals surface area contributed by atoms with Gasteiger partial charge in [0.1, 0.15) is 5.82 Å². The van der Waals surface area contributed by atoms with E-state index in [9.17, 15) is 18.8 Å². The normalized spacial score (nSPS) is 24.3. The highest BCUT2D eigenvalue weighted by atomic mass is 19.1. The van der Waals surface area contributed by atoms with E-state index in [1.807, 2.05) is 0 Å². The second kappa shape index (κ2) is 12.3. The number of ketones is 1. The van der Waals surface area contributed by atoms with E-state index in [0.717, 1.165) is 37.4 Å². The maximum atomic E-state index is 14.2. The molecule has 3 aliphatic rings. The van der Waals surface area contributed by atoms with Gasteiger partial charge in [0.25, 0.3) is 0 Å². The molecule has 5 rings (SSSR count). The van der Waals surface area contributed by atoms with Crippen LogP contribution < -0.4 is 5.73 Å². The molecule has 11 nitrogen and oxygen atoms in total. The largest absolute Gasteiger partial charge is 0.479 e. The number of carboxylic acid groups (broad SMARTS) is 2. The number of Topliss-reactive ketones (excluding diaryl/α,β-unsaturated/α-hetero) is 1. The number of aliphatic carboxylic acids is 2. The number of nitrogens with zero attached hydrogens (tertiary/aromatic N) is 2. The van der Waals surface area contributed by atoms with Crippen molar-refractivity contribution in [1.29, 1.82) is 0 Å². The van der Waals surface area contributed by atoms with Crippen LogP contribution in [0.2, 0.25) is 0 Å². The Morgan fingerprint density at radius 1 is 1.10 bits per heavy atom. The topological polar surface area (TPSA) is 184 Å². The lowest BCUT2D eigenvalue weighted by atomic mass is 9.98. The molecule has 0 radical (unpaired) electrons. The fraction of sp³-hybridized carbons (Fsp3) is 0.556. The average Bonchev–Trinajstić information content (AvgIpc) is 3.39. The molecule has 2 aromatic rings. The van der Waals surface area contributed by atoms with Gasteiger partial charge in [-0.05, 0) is 61.1 Å². The Morgan fingerprint density at radius 2 is 1.72 bits per heavy atom. The molecule has 3 heterocycles. The number of nitrogen functional groups attached to an aromatic ring is 1. The highest BCUT2D eigenvalue weighted by Crippen LogP contribution is 2.54. The van der Waals surface area contributed by atoms with E-state index in [1.165, 1.54) is 38.5 Å². The molecule has 2 aliphatic heterocycles. The third-order valence-corrected chi connectivity index (χ3v) is 8.00. The van der Waals surface area contributed by atoms with Crippen molar-refractivity contribution >= 4 is 34.3 Å². The van der Waals surface area contributed by atoms with Crippen LogP contribution >= 0.6 is 0 Å². The second-order valence-corrected chi connectivity index (χ2v) is 10.5. The van der Waals surface area contributed by atoms with Crippen LogP contribution in [0, 0.1) is 29.5 Å². The molecule has 1 aromatic carbocycles. The number of nitrogens with two attached hydrogens (primary N) is 1. The number of piperidine rings is 1. The van der Waals surface area contributed by atoms with Gasteiger partial charge in [0.15, 0.2) is 18.0 Å². The number of anilines is 1. The lowest BCUT2D eigenvalue weighted by Gasteiger charge is -2.28. The molecule has 1 aromatic heterocycles. The van der Waals surface area contributed by atoms with Gasteiger partial charge >= 0.3 is 11.9 Å². The number of hydrogen-bond acceptors (Lipinski definition) is 9. The van der Waals surface area contributed by atoms with Crippen molar-refractivity contribution in [2.75, 3.05) is 38.6 Å². The first-order valence-electron chi connectivity index (χ1n) is 13.1. The lowest BCUT2D eigenvalue weighted by Crippen LogP contribution is -2.39. The summed E-state index contributed by atoms with van der Waals surface area (Å²) in [5.41, 5.74) is 6.75. The number of fused-ring (bicyclic) bond motifs is 2. The Labute approximate surface area is 224 Å². The summed E-state index contributed by atoms with van der Waals surface area (Å²) >= 11 is 0. The predicted octanol–water partition coefficient (Wildman–Crippen LogP) is 1.40. The van der Waals surface area contributed by atoms with Gasteiger partial charge < -0.3 is 35.8 Å². The molecular formula is C27H34FN3O8. The van der Waals surface area contributed by atoms with Gasteiger partial charge in [0, 0.05) is 56.4 Å².